The van der Waals surface area contributed by atoms with Crippen LogP contribution in [-0.2, 0) is 0 Å². The highest BCUT2D eigenvalue weighted by Gasteiger charge is 2.24. The van der Waals surface area contributed by atoms with E-state index >= 15 is 0 Å². The molecule has 2 atom stereocenters. The number of hydrogen-bond acceptors (Lipinski definition) is 4. The zero-order chi connectivity index (χ0) is 10.8. The third kappa shape index (κ3) is 2.38. The first-order valence-corrected chi connectivity index (χ1v) is 5.45. The van der Waals surface area contributed by atoms with Gasteiger partial charge in [0, 0.05) is 13.1 Å². The maximum absolute atomic E-state index is 9.75. The smallest absolute Gasteiger partial charge is 0.147 e. The lowest BCUT2D eigenvalue weighted by Gasteiger charge is -2.34. The number of halogens is 1. The van der Waals surface area contributed by atoms with Gasteiger partial charge in [-0.1, -0.05) is 18.5 Å². The fourth-order valence-electron chi connectivity index (χ4n) is 1.73. The first-order valence-electron chi connectivity index (χ1n) is 5.07. The van der Waals surface area contributed by atoms with E-state index in [1.807, 2.05) is 4.90 Å². The van der Waals surface area contributed by atoms with Crippen molar-refractivity contribution in [3.8, 4) is 0 Å². The van der Waals surface area contributed by atoms with Crippen LogP contribution in [0.5, 0.6) is 0 Å². The molecule has 0 aliphatic carbocycles. The van der Waals surface area contributed by atoms with Gasteiger partial charge in [0.2, 0.25) is 0 Å². The Morgan fingerprint density at radius 1 is 1.47 bits per heavy atom. The summed E-state index contributed by atoms with van der Waals surface area (Å²) in [6.45, 7) is 3.60. The number of aliphatic hydroxyl groups excluding tert-OH is 1. The molecule has 1 aliphatic heterocycles. The first kappa shape index (κ1) is 10.6. The molecule has 1 aromatic rings. The van der Waals surface area contributed by atoms with Crippen LogP contribution in [0, 0.1) is 5.92 Å². The Morgan fingerprint density at radius 3 is 2.87 bits per heavy atom. The van der Waals surface area contributed by atoms with Crippen molar-refractivity contribution in [1.29, 1.82) is 0 Å². The van der Waals surface area contributed by atoms with Crippen molar-refractivity contribution < 1.29 is 5.11 Å². The lowest BCUT2D eigenvalue weighted by Crippen LogP contribution is -2.43. The number of β-amino-alcohol motifs (C(OH)–C–C–N with tert-alkyl or cyclic N) is 1. The highest BCUT2D eigenvalue weighted by atomic mass is 35.5. The van der Waals surface area contributed by atoms with E-state index in [9.17, 15) is 5.11 Å². The monoisotopic (exact) mass is 227 g/mol. The van der Waals surface area contributed by atoms with Crippen molar-refractivity contribution in [1.82, 2.24) is 9.97 Å². The van der Waals surface area contributed by atoms with Crippen LogP contribution in [0.15, 0.2) is 12.4 Å². The summed E-state index contributed by atoms with van der Waals surface area (Å²) in [6, 6.07) is 0. The first-order chi connectivity index (χ1) is 7.16. The number of hydrogen-bond donors (Lipinski definition) is 1. The van der Waals surface area contributed by atoms with Gasteiger partial charge >= 0.3 is 0 Å². The molecule has 2 unspecified atom stereocenters. The van der Waals surface area contributed by atoms with E-state index in [2.05, 4.69) is 16.9 Å². The normalized spacial score (nSPS) is 26.7. The van der Waals surface area contributed by atoms with Gasteiger partial charge in [0.25, 0.3) is 0 Å². The second-order valence-corrected chi connectivity index (χ2v) is 4.36. The summed E-state index contributed by atoms with van der Waals surface area (Å²) in [5.74, 6) is 1.15. The second kappa shape index (κ2) is 4.33. The molecule has 0 spiro atoms. The molecular weight excluding hydrogens is 214 g/mol. The van der Waals surface area contributed by atoms with Crippen LogP contribution in [0.4, 0.5) is 5.82 Å². The van der Waals surface area contributed by atoms with Crippen molar-refractivity contribution in [2.24, 2.45) is 5.92 Å². The van der Waals surface area contributed by atoms with Crippen LogP contribution in [-0.4, -0.2) is 34.3 Å². The quantitative estimate of drug-likeness (QED) is 0.787. The summed E-state index contributed by atoms with van der Waals surface area (Å²) in [6.07, 6.45) is 3.87. The van der Waals surface area contributed by atoms with E-state index in [-0.39, 0.29) is 6.10 Å². The van der Waals surface area contributed by atoms with Crippen LogP contribution < -0.4 is 4.90 Å². The molecule has 1 aliphatic rings. The molecule has 1 N–H and O–H groups in total. The Labute approximate surface area is 93.9 Å². The summed E-state index contributed by atoms with van der Waals surface area (Å²) >= 11 is 5.66. The summed E-state index contributed by atoms with van der Waals surface area (Å²) in [5, 5.41) is 10.1. The number of piperidine rings is 1. The zero-order valence-electron chi connectivity index (χ0n) is 8.60. The average molecular weight is 228 g/mol. The molecule has 4 nitrogen and oxygen atoms in total. The maximum Gasteiger partial charge on any atom is 0.147 e. The van der Waals surface area contributed by atoms with E-state index in [1.54, 1.807) is 6.20 Å². The van der Waals surface area contributed by atoms with Crippen molar-refractivity contribution in [3.63, 3.8) is 0 Å². The molecular formula is C10H14ClN3O. The third-order valence-electron chi connectivity index (χ3n) is 2.85. The topological polar surface area (TPSA) is 49.2 Å². The summed E-state index contributed by atoms with van der Waals surface area (Å²) < 4.78 is 0. The summed E-state index contributed by atoms with van der Waals surface area (Å²) in [5.41, 5.74) is 0. The molecule has 1 fully saturated rings. The molecule has 0 saturated carbocycles. The van der Waals surface area contributed by atoms with Crippen LogP contribution in [0.1, 0.15) is 13.3 Å². The van der Waals surface area contributed by atoms with Gasteiger partial charge in [0.1, 0.15) is 11.0 Å². The van der Waals surface area contributed by atoms with Crippen molar-refractivity contribution in [2.75, 3.05) is 18.0 Å². The zero-order valence-corrected chi connectivity index (χ0v) is 9.35. The SMILES string of the molecule is CC1CCN(c2cnc(Cl)cn2)CC1O. The second-order valence-electron chi connectivity index (χ2n) is 3.98. The lowest BCUT2D eigenvalue weighted by molar-refractivity contribution is 0.102. The average Bonchev–Trinajstić information content (AvgIpc) is 2.23. The Hall–Kier alpha value is -0.870. The van der Waals surface area contributed by atoms with Gasteiger partial charge in [-0.25, -0.2) is 9.97 Å². The van der Waals surface area contributed by atoms with Gasteiger partial charge in [-0.05, 0) is 12.3 Å². The van der Waals surface area contributed by atoms with Gasteiger partial charge in [-0.3, -0.25) is 0 Å². The summed E-state index contributed by atoms with van der Waals surface area (Å²) in [4.78, 5) is 10.2. The Balaban J connectivity index is 2.08. The van der Waals surface area contributed by atoms with E-state index in [0.717, 1.165) is 18.8 Å². The van der Waals surface area contributed by atoms with Gasteiger partial charge < -0.3 is 10.0 Å². The Morgan fingerprint density at radius 2 is 2.27 bits per heavy atom. The summed E-state index contributed by atoms with van der Waals surface area (Å²) in [7, 11) is 0. The molecule has 0 aromatic carbocycles. The molecule has 0 radical (unpaired) electrons. The standard InChI is InChI=1S/C10H14ClN3O/c1-7-2-3-14(6-8(7)15)10-5-12-9(11)4-13-10/h4-5,7-8,15H,2-3,6H2,1H3. The lowest BCUT2D eigenvalue weighted by atomic mass is 9.96. The van der Waals surface area contributed by atoms with Crippen LogP contribution in [0.25, 0.3) is 0 Å². The predicted molar refractivity (Wildman–Crippen MR) is 59.0 cm³/mol. The molecule has 2 heterocycles. The van der Waals surface area contributed by atoms with E-state index in [0.29, 0.717) is 17.6 Å². The Bertz CT molecular complexity index is 330. The van der Waals surface area contributed by atoms with E-state index in [4.69, 9.17) is 11.6 Å². The van der Waals surface area contributed by atoms with Crippen LogP contribution in [0.3, 0.4) is 0 Å². The van der Waals surface area contributed by atoms with Crippen LogP contribution in [0.2, 0.25) is 5.15 Å². The minimum absolute atomic E-state index is 0.281. The molecule has 2 rings (SSSR count). The number of rotatable bonds is 1. The highest BCUT2D eigenvalue weighted by molar-refractivity contribution is 6.29. The molecule has 0 bridgehead atoms. The fraction of sp³-hybridized carbons (Fsp3) is 0.600. The Kier molecular flexibility index (Phi) is 3.07. The number of anilines is 1. The van der Waals surface area contributed by atoms with Gasteiger partial charge in [0.05, 0.1) is 18.5 Å². The van der Waals surface area contributed by atoms with Crippen LogP contribution >= 0.6 is 11.6 Å². The molecule has 82 valence electrons. The van der Waals surface area contributed by atoms with E-state index in [1.165, 1.54) is 6.20 Å². The number of nitrogens with zero attached hydrogens (tertiary/aromatic N) is 3. The molecule has 1 aromatic heterocycles. The highest BCUT2D eigenvalue weighted by Crippen LogP contribution is 2.21. The van der Waals surface area contributed by atoms with Crippen molar-refractivity contribution in [2.45, 2.75) is 19.4 Å². The minimum Gasteiger partial charge on any atom is -0.391 e. The number of aromatic nitrogens is 2. The van der Waals surface area contributed by atoms with Gasteiger partial charge in [0.15, 0.2) is 0 Å². The predicted octanol–water partition coefficient (Wildman–Crippen LogP) is 1.34. The third-order valence-corrected chi connectivity index (χ3v) is 3.04. The molecule has 15 heavy (non-hydrogen) atoms. The minimum atomic E-state index is -0.281. The maximum atomic E-state index is 9.75. The molecule has 0 amide bonds. The van der Waals surface area contributed by atoms with Gasteiger partial charge in [-0.15, -0.1) is 0 Å². The largest absolute Gasteiger partial charge is 0.391 e. The number of aliphatic hydroxyl groups is 1. The van der Waals surface area contributed by atoms with Crippen molar-refractivity contribution in [3.05, 3.63) is 17.5 Å². The van der Waals surface area contributed by atoms with Gasteiger partial charge in [-0.2, -0.15) is 0 Å². The van der Waals surface area contributed by atoms with E-state index < -0.39 is 0 Å². The van der Waals surface area contributed by atoms with Crippen molar-refractivity contribution >= 4 is 17.4 Å². The molecule has 1 saturated heterocycles. The molecule has 5 heteroatoms. The fourth-order valence-corrected chi connectivity index (χ4v) is 1.82.